The van der Waals surface area contributed by atoms with Crippen LogP contribution in [0.15, 0.2) is 207 Å². The molecule has 10 heteroatoms. The van der Waals surface area contributed by atoms with E-state index >= 15 is 0 Å². The van der Waals surface area contributed by atoms with Crippen molar-refractivity contribution >= 4 is 19.8 Å². The molecule has 0 bridgehead atoms. The van der Waals surface area contributed by atoms with Crippen molar-refractivity contribution in [1.29, 1.82) is 0 Å². The second kappa shape index (κ2) is 73.8. The maximum atomic E-state index is 12.9. The van der Waals surface area contributed by atoms with Gasteiger partial charge in [-0.15, -0.1) is 0 Å². The zero-order valence-corrected chi connectivity index (χ0v) is 62.4. The quantitative estimate of drug-likeness (QED) is 0.0211. The molecule has 0 fully saturated rings. The number of hydrogen-bond donors (Lipinski definition) is 1. The van der Waals surface area contributed by atoms with Gasteiger partial charge >= 0.3 is 19.8 Å². The number of esters is 2. The van der Waals surface area contributed by atoms with Crippen LogP contribution in [0.4, 0.5) is 0 Å². The third-order valence-corrected chi connectivity index (χ3v) is 16.3. The summed E-state index contributed by atoms with van der Waals surface area (Å²) in [5.41, 5.74) is 0. The number of rotatable bonds is 67. The number of ether oxygens (including phenoxy) is 2. The van der Waals surface area contributed by atoms with Crippen LogP contribution in [0.5, 0.6) is 0 Å². The fourth-order valence-electron chi connectivity index (χ4n) is 9.61. The number of quaternary nitrogens is 1. The molecule has 0 aliphatic rings. The van der Waals surface area contributed by atoms with Gasteiger partial charge in [0, 0.05) is 12.8 Å². The van der Waals surface area contributed by atoms with Gasteiger partial charge in [0.15, 0.2) is 6.10 Å². The van der Waals surface area contributed by atoms with Crippen LogP contribution in [0.25, 0.3) is 0 Å². The molecule has 1 N–H and O–H groups in total. The minimum Gasteiger partial charge on any atom is -0.462 e. The first kappa shape index (κ1) is 90.6. The number of unbranched alkanes of at least 4 members (excludes halogenated alkanes) is 19. The van der Waals surface area contributed by atoms with Gasteiger partial charge in [0.25, 0.3) is 0 Å². The molecule has 540 valence electrons. The summed E-state index contributed by atoms with van der Waals surface area (Å²) in [6, 6.07) is 0. The summed E-state index contributed by atoms with van der Waals surface area (Å²) in [6.07, 6.45) is 116. The lowest BCUT2D eigenvalue weighted by molar-refractivity contribution is -0.870. The molecule has 0 aromatic heterocycles. The molecule has 0 saturated carbocycles. The van der Waals surface area contributed by atoms with E-state index in [1.54, 1.807) is 0 Å². The molecular formula is C86H139NO8P+. The summed E-state index contributed by atoms with van der Waals surface area (Å²) >= 11 is 0. The average molecular weight is 1350 g/mol. The van der Waals surface area contributed by atoms with E-state index < -0.39 is 26.5 Å². The van der Waals surface area contributed by atoms with Crippen LogP contribution in [-0.2, 0) is 32.7 Å². The second-order valence-electron chi connectivity index (χ2n) is 25.6. The highest BCUT2D eigenvalue weighted by atomic mass is 31.2. The van der Waals surface area contributed by atoms with Gasteiger partial charge in [-0.2, -0.15) is 0 Å². The van der Waals surface area contributed by atoms with E-state index in [1.165, 1.54) is 77.0 Å². The Labute approximate surface area is 589 Å². The van der Waals surface area contributed by atoms with Gasteiger partial charge < -0.3 is 18.9 Å². The lowest BCUT2D eigenvalue weighted by Crippen LogP contribution is -2.37. The molecule has 0 rings (SSSR count). The molecule has 0 aliphatic carbocycles. The topological polar surface area (TPSA) is 108 Å². The van der Waals surface area contributed by atoms with Crippen molar-refractivity contribution in [2.75, 3.05) is 47.5 Å². The van der Waals surface area contributed by atoms with Crippen molar-refractivity contribution in [1.82, 2.24) is 0 Å². The first-order valence-electron chi connectivity index (χ1n) is 37.8. The molecule has 96 heavy (non-hydrogen) atoms. The minimum atomic E-state index is -4.41. The van der Waals surface area contributed by atoms with Crippen molar-refractivity contribution in [3.8, 4) is 0 Å². The molecule has 2 unspecified atom stereocenters. The normalized spacial score (nSPS) is 14.3. The molecule has 0 heterocycles. The number of allylic oxidation sites excluding steroid dienone is 34. The standard InChI is InChI=1S/C86H138NO8P/c1-6-8-10-12-14-16-18-20-22-24-26-28-30-32-34-36-38-40-42-43-45-46-48-50-52-54-56-58-60-62-64-66-68-70-72-74-76-78-85(88)92-82-84(83-94-96(90,91)93-81-80-87(3,4)5)95-86(89)79-77-75-73-71-69-67-65-63-61-59-57-55-53-51-49-47-44-41-39-37-35-33-31-29-27-25-23-21-19-17-15-13-11-9-7-2/h8-11,14-17,20-23,26-29,32-35,38-41,43,45,47-50,53,55,59,61,84H,6-7,12-13,18-19,24-25,30-31,36-37,42,44,46,51-52,54,56-58,60,62-83H2,1-5H3/p+1/b10-8-,11-9-,16-14-,17-15-,22-20-,23-21-,28-26-,29-27-,34-32-,35-33-,40-38-,41-39-,45-43-,49-47-,50-48-,55-53-,61-59-. The lowest BCUT2D eigenvalue weighted by Gasteiger charge is -2.24. The van der Waals surface area contributed by atoms with Crippen molar-refractivity contribution in [3.05, 3.63) is 207 Å². The highest BCUT2D eigenvalue weighted by Gasteiger charge is 2.27. The Balaban J connectivity index is 4.13. The van der Waals surface area contributed by atoms with Gasteiger partial charge in [0.2, 0.25) is 0 Å². The van der Waals surface area contributed by atoms with E-state index in [4.69, 9.17) is 18.5 Å². The van der Waals surface area contributed by atoms with Crippen molar-refractivity contribution in [3.63, 3.8) is 0 Å². The molecule has 2 atom stereocenters. The van der Waals surface area contributed by atoms with E-state index in [-0.39, 0.29) is 32.0 Å². The average Bonchev–Trinajstić information content (AvgIpc) is 2.74. The summed E-state index contributed by atoms with van der Waals surface area (Å²) in [7, 11) is 1.44. The predicted octanol–water partition coefficient (Wildman–Crippen LogP) is 25.4. The van der Waals surface area contributed by atoms with Crippen LogP contribution in [0.2, 0.25) is 0 Å². The Hall–Kier alpha value is -5.41. The van der Waals surface area contributed by atoms with Crippen LogP contribution >= 0.6 is 7.82 Å². The summed E-state index contributed by atoms with van der Waals surface area (Å²) < 4.78 is 34.8. The van der Waals surface area contributed by atoms with Gasteiger partial charge in [-0.25, -0.2) is 4.57 Å². The summed E-state index contributed by atoms with van der Waals surface area (Å²) in [5.74, 6) is -0.823. The fourth-order valence-corrected chi connectivity index (χ4v) is 10.4. The van der Waals surface area contributed by atoms with E-state index in [0.29, 0.717) is 17.4 Å². The van der Waals surface area contributed by atoms with Crippen molar-refractivity contribution < 1.29 is 42.1 Å². The Bertz CT molecular complexity index is 2380. The molecule has 9 nitrogen and oxygen atoms in total. The molecule has 0 aromatic rings. The largest absolute Gasteiger partial charge is 0.472 e. The molecular weight excluding hydrogens is 1210 g/mol. The van der Waals surface area contributed by atoms with Gasteiger partial charge in [-0.05, 0) is 148 Å². The summed E-state index contributed by atoms with van der Waals surface area (Å²) in [6.45, 7) is 4.17. The number of likely N-dealkylation sites (N-methyl/N-ethyl adjacent to an activating group) is 1. The molecule has 0 amide bonds. The van der Waals surface area contributed by atoms with Gasteiger partial charge in [-0.1, -0.05) is 317 Å². The Kier molecular flexibility index (Phi) is 69.7. The fraction of sp³-hybridized carbons (Fsp3) is 0.581. The summed E-state index contributed by atoms with van der Waals surface area (Å²) in [4.78, 5) is 36.0. The van der Waals surface area contributed by atoms with E-state index in [0.717, 1.165) is 161 Å². The van der Waals surface area contributed by atoms with E-state index in [1.807, 2.05) is 21.1 Å². The highest BCUT2D eigenvalue weighted by molar-refractivity contribution is 7.47. The molecule has 0 aromatic carbocycles. The van der Waals surface area contributed by atoms with E-state index in [2.05, 4.69) is 220 Å². The smallest absolute Gasteiger partial charge is 0.462 e. The number of carbonyl (C=O) groups excluding carboxylic acids is 2. The van der Waals surface area contributed by atoms with Gasteiger partial charge in [-0.3, -0.25) is 18.6 Å². The number of carbonyl (C=O) groups is 2. The Morgan fingerprint density at radius 1 is 0.323 bits per heavy atom. The first-order chi connectivity index (χ1) is 47.0. The number of phosphoric acid groups is 1. The van der Waals surface area contributed by atoms with Gasteiger partial charge in [0.1, 0.15) is 19.8 Å². The van der Waals surface area contributed by atoms with Crippen LogP contribution in [0.3, 0.4) is 0 Å². The van der Waals surface area contributed by atoms with Crippen LogP contribution in [-0.4, -0.2) is 74.9 Å². The second-order valence-corrected chi connectivity index (χ2v) is 27.0. The van der Waals surface area contributed by atoms with Crippen LogP contribution < -0.4 is 0 Å². The third kappa shape index (κ3) is 77.6. The third-order valence-electron chi connectivity index (χ3n) is 15.3. The maximum absolute atomic E-state index is 12.9. The van der Waals surface area contributed by atoms with Crippen molar-refractivity contribution in [2.45, 2.75) is 277 Å². The predicted molar refractivity (Wildman–Crippen MR) is 417 cm³/mol. The Morgan fingerprint density at radius 3 is 0.833 bits per heavy atom. The zero-order chi connectivity index (χ0) is 69.7. The molecule has 0 saturated heterocycles. The van der Waals surface area contributed by atoms with Crippen molar-refractivity contribution in [2.24, 2.45) is 0 Å². The first-order valence-corrected chi connectivity index (χ1v) is 39.3. The molecule has 0 aliphatic heterocycles. The monoisotopic (exact) mass is 1350 g/mol. The molecule has 0 radical (unpaired) electrons. The highest BCUT2D eigenvalue weighted by Crippen LogP contribution is 2.43. The molecule has 0 spiro atoms. The van der Waals surface area contributed by atoms with Gasteiger partial charge in [0.05, 0.1) is 27.7 Å². The minimum absolute atomic E-state index is 0.0186. The zero-order valence-electron chi connectivity index (χ0n) is 61.5. The number of phosphoric ester groups is 1. The number of nitrogens with zero attached hydrogens (tertiary/aromatic N) is 1. The summed E-state index contributed by atoms with van der Waals surface area (Å²) in [5, 5.41) is 0. The SMILES string of the molecule is CC/C=C\C/C=C\C/C=C\C/C=C\C/C=C\C/C=C\C/C=C\C/C=C\C/C=C\CCCCCCCCCC(=O)OC(COC(=O)CCCCCCCCCCCCCC/C=C\C/C=C\C/C=C\C/C=C\C/C=C\C/C=C\C/C=C\C/C=C\CC)COP(=O)(O)OCC[N+](C)(C)C. The van der Waals surface area contributed by atoms with Crippen LogP contribution in [0, 0.1) is 0 Å². The van der Waals surface area contributed by atoms with Crippen LogP contribution in [0.1, 0.15) is 271 Å². The van der Waals surface area contributed by atoms with E-state index in [9.17, 15) is 19.0 Å². The maximum Gasteiger partial charge on any atom is 0.472 e. The Morgan fingerprint density at radius 2 is 0.562 bits per heavy atom. The lowest BCUT2D eigenvalue weighted by atomic mass is 10.0. The number of hydrogen-bond acceptors (Lipinski definition) is 7.